The fourth-order valence-electron chi connectivity index (χ4n) is 2.10. The van der Waals surface area contributed by atoms with Gasteiger partial charge in [0.15, 0.2) is 0 Å². The Balaban J connectivity index is 1.91. The van der Waals surface area contributed by atoms with Crippen LogP contribution in [0.3, 0.4) is 0 Å². The van der Waals surface area contributed by atoms with Gasteiger partial charge in [0.1, 0.15) is 12.1 Å². The molecule has 1 heterocycles. The molecule has 0 spiro atoms. The van der Waals surface area contributed by atoms with Gasteiger partial charge in [0.2, 0.25) is 15.0 Å². The van der Waals surface area contributed by atoms with E-state index in [0.29, 0.717) is 16.3 Å². The molecule has 0 aliphatic heterocycles. The molecule has 1 aliphatic rings. The maximum atomic E-state index is 12.5. The molecule has 0 amide bonds. The van der Waals surface area contributed by atoms with E-state index in [2.05, 4.69) is 10.2 Å². The molecule has 1 aromatic carbocycles. The van der Waals surface area contributed by atoms with Crippen LogP contribution in [0, 0.1) is 0 Å². The summed E-state index contributed by atoms with van der Waals surface area (Å²) in [6, 6.07) is 5.13. The second-order valence-corrected chi connectivity index (χ2v) is 7.26. The van der Waals surface area contributed by atoms with Gasteiger partial charge in [-0.3, -0.25) is 0 Å². The molecular weight excluding hydrogens is 314 g/mol. The second kappa shape index (κ2) is 5.31. The lowest BCUT2D eigenvalue weighted by atomic mass is 10.2. The molecule has 1 aromatic heterocycles. The van der Waals surface area contributed by atoms with Crippen LogP contribution in [-0.2, 0) is 15.6 Å². The molecule has 2 aromatic rings. The topological polar surface area (TPSA) is 74.1 Å². The van der Waals surface area contributed by atoms with Crippen LogP contribution in [0.5, 0.6) is 5.75 Å². The minimum Gasteiger partial charge on any atom is -0.497 e. The number of halogens is 1. The number of hydrogen-bond acceptors (Lipinski definition) is 5. The maximum absolute atomic E-state index is 12.5. The highest BCUT2D eigenvalue weighted by Gasteiger charge is 2.31. The van der Waals surface area contributed by atoms with Crippen molar-refractivity contribution in [3.05, 3.63) is 35.1 Å². The third-order valence-corrected chi connectivity index (χ3v) is 5.26. The molecule has 8 heteroatoms. The van der Waals surface area contributed by atoms with Crippen LogP contribution in [-0.4, -0.2) is 30.3 Å². The molecule has 0 radical (unpaired) electrons. The molecule has 1 fully saturated rings. The molecule has 0 atom stereocenters. The monoisotopic (exact) mass is 327 g/mol. The molecule has 1 aliphatic carbocycles. The number of sulfone groups is 1. The Morgan fingerprint density at radius 2 is 2.19 bits per heavy atom. The van der Waals surface area contributed by atoms with Crippen molar-refractivity contribution >= 4 is 21.4 Å². The third kappa shape index (κ3) is 2.89. The van der Waals surface area contributed by atoms with Crippen LogP contribution in [0.4, 0.5) is 0 Å². The van der Waals surface area contributed by atoms with Crippen LogP contribution >= 0.6 is 11.6 Å². The highest BCUT2D eigenvalue weighted by Crippen LogP contribution is 2.36. The van der Waals surface area contributed by atoms with E-state index in [1.165, 1.54) is 13.4 Å². The van der Waals surface area contributed by atoms with Crippen LogP contribution in [0.25, 0.3) is 0 Å². The summed E-state index contributed by atoms with van der Waals surface area (Å²) in [4.78, 5) is 0. The SMILES string of the molecule is COc1ccc(CS(=O)(=O)c2nncn2C2CC2)c(Cl)c1. The zero-order valence-electron chi connectivity index (χ0n) is 11.4. The molecule has 1 saturated carbocycles. The van der Waals surface area contributed by atoms with Gasteiger partial charge in [-0.15, -0.1) is 10.2 Å². The number of methoxy groups -OCH3 is 1. The lowest BCUT2D eigenvalue weighted by Gasteiger charge is -2.08. The summed E-state index contributed by atoms with van der Waals surface area (Å²) in [5, 5.41) is 7.86. The minimum atomic E-state index is -3.58. The molecule has 3 rings (SSSR count). The third-order valence-electron chi connectivity index (χ3n) is 3.36. The summed E-state index contributed by atoms with van der Waals surface area (Å²) in [5.74, 6) is 0.378. The van der Waals surface area contributed by atoms with E-state index in [9.17, 15) is 8.42 Å². The van der Waals surface area contributed by atoms with Crippen molar-refractivity contribution in [2.45, 2.75) is 29.8 Å². The van der Waals surface area contributed by atoms with Crippen molar-refractivity contribution in [3.63, 3.8) is 0 Å². The second-order valence-electron chi connectivity index (χ2n) is 4.97. The lowest BCUT2D eigenvalue weighted by molar-refractivity contribution is 0.414. The van der Waals surface area contributed by atoms with Crippen LogP contribution in [0.15, 0.2) is 29.7 Å². The van der Waals surface area contributed by atoms with E-state index in [-0.39, 0.29) is 17.0 Å². The summed E-state index contributed by atoms with van der Waals surface area (Å²) in [6.07, 6.45) is 3.40. The van der Waals surface area contributed by atoms with Crippen molar-refractivity contribution in [2.24, 2.45) is 0 Å². The van der Waals surface area contributed by atoms with Gasteiger partial charge in [-0.2, -0.15) is 0 Å². The fourth-order valence-corrected chi connectivity index (χ4v) is 3.89. The Labute approximate surface area is 127 Å². The Morgan fingerprint density at radius 3 is 2.81 bits per heavy atom. The molecule has 112 valence electrons. The first kappa shape index (κ1) is 14.3. The molecule has 0 N–H and O–H groups in total. The number of aromatic nitrogens is 3. The maximum Gasteiger partial charge on any atom is 0.250 e. The predicted molar refractivity (Wildman–Crippen MR) is 77.2 cm³/mol. The zero-order valence-corrected chi connectivity index (χ0v) is 12.9. The van der Waals surface area contributed by atoms with Gasteiger partial charge in [0.25, 0.3) is 0 Å². The highest BCUT2D eigenvalue weighted by atomic mass is 35.5. The van der Waals surface area contributed by atoms with Crippen molar-refractivity contribution < 1.29 is 13.2 Å². The molecule has 0 unspecified atom stereocenters. The largest absolute Gasteiger partial charge is 0.497 e. The highest BCUT2D eigenvalue weighted by molar-refractivity contribution is 7.90. The van der Waals surface area contributed by atoms with E-state index in [1.54, 1.807) is 22.8 Å². The number of hydrogen-bond donors (Lipinski definition) is 0. The Hall–Kier alpha value is -1.60. The fraction of sp³-hybridized carbons (Fsp3) is 0.385. The lowest BCUT2D eigenvalue weighted by Crippen LogP contribution is -2.12. The summed E-state index contributed by atoms with van der Waals surface area (Å²) in [6.45, 7) is 0. The average Bonchev–Trinajstić information content (AvgIpc) is 3.17. The van der Waals surface area contributed by atoms with Crippen molar-refractivity contribution in [2.75, 3.05) is 7.11 Å². The van der Waals surface area contributed by atoms with Gasteiger partial charge in [-0.05, 0) is 30.5 Å². The van der Waals surface area contributed by atoms with E-state index in [0.717, 1.165) is 12.8 Å². The van der Waals surface area contributed by atoms with E-state index >= 15 is 0 Å². The zero-order chi connectivity index (χ0) is 15.0. The van der Waals surface area contributed by atoms with Crippen LogP contribution in [0.2, 0.25) is 5.02 Å². The van der Waals surface area contributed by atoms with Gasteiger partial charge < -0.3 is 9.30 Å². The molecule has 6 nitrogen and oxygen atoms in total. The van der Waals surface area contributed by atoms with Gasteiger partial charge in [0, 0.05) is 11.1 Å². The number of benzene rings is 1. The average molecular weight is 328 g/mol. The summed E-state index contributed by atoms with van der Waals surface area (Å²) >= 11 is 6.10. The Morgan fingerprint density at radius 1 is 1.43 bits per heavy atom. The molecule has 0 bridgehead atoms. The Bertz CT molecular complexity index is 769. The van der Waals surface area contributed by atoms with Crippen molar-refractivity contribution in [3.8, 4) is 5.75 Å². The van der Waals surface area contributed by atoms with Crippen molar-refractivity contribution in [1.82, 2.24) is 14.8 Å². The minimum absolute atomic E-state index is 0.0110. The summed E-state index contributed by atoms with van der Waals surface area (Å²) in [5.41, 5.74) is 0.516. The van der Waals surface area contributed by atoms with Gasteiger partial charge in [-0.25, -0.2) is 8.42 Å². The molecule has 0 saturated heterocycles. The van der Waals surface area contributed by atoms with Crippen LogP contribution in [0.1, 0.15) is 24.4 Å². The van der Waals surface area contributed by atoms with Gasteiger partial charge >= 0.3 is 0 Å². The summed E-state index contributed by atoms with van der Waals surface area (Å²) < 4.78 is 31.7. The van der Waals surface area contributed by atoms with Gasteiger partial charge in [-0.1, -0.05) is 17.7 Å². The first-order chi connectivity index (χ1) is 10.0. The number of ether oxygens (including phenoxy) is 1. The molecule has 21 heavy (non-hydrogen) atoms. The number of nitrogens with zero attached hydrogens (tertiary/aromatic N) is 3. The molecular formula is C13H14ClN3O3S. The first-order valence-corrected chi connectivity index (χ1v) is 8.49. The quantitative estimate of drug-likeness (QED) is 0.842. The summed E-state index contributed by atoms with van der Waals surface area (Å²) in [7, 11) is -2.06. The number of rotatable bonds is 5. The standard InChI is InChI=1S/C13H14ClN3O3S/c1-20-11-5-2-9(12(14)6-11)7-21(18,19)13-16-15-8-17(13)10-3-4-10/h2,5-6,8,10H,3-4,7H2,1H3. The Kier molecular flexibility index (Phi) is 3.62. The smallest absolute Gasteiger partial charge is 0.250 e. The van der Waals surface area contributed by atoms with Crippen molar-refractivity contribution in [1.29, 1.82) is 0 Å². The first-order valence-electron chi connectivity index (χ1n) is 6.46. The van der Waals surface area contributed by atoms with E-state index < -0.39 is 9.84 Å². The normalized spacial score (nSPS) is 15.1. The van der Waals surface area contributed by atoms with Gasteiger partial charge in [0.05, 0.1) is 12.9 Å². The van der Waals surface area contributed by atoms with E-state index in [1.807, 2.05) is 0 Å². The van der Waals surface area contributed by atoms with Crippen LogP contribution < -0.4 is 4.74 Å². The predicted octanol–water partition coefficient (Wildman–Crippen LogP) is 2.25. The van der Waals surface area contributed by atoms with E-state index in [4.69, 9.17) is 16.3 Å².